The SMILES string of the molecule is CSc1nc(=O)ccn1[C@H]1CC[C@@H](CO)O1. The molecule has 2 rings (SSSR count). The smallest absolute Gasteiger partial charge is 0.273 e. The van der Waals surface area contributed by atoms with Crippen LogP contribution in [-0.2, 0) is 4.74 Å². The summed E-state index contributed by atoms with van der Waals surface area (Å²) in [4.78, 5) is 15.0. The second-order valence-corrected chi connectivity index (χ2v) is 4.41. The lowest BCUT2D eigenvalue weighted by Crippen LogP contribution is -2.19. The van der Waals surface area contributed by atoms with Crippen molar-refractivity contribution < 1.29 is 9.84 Å². The Morgan fingerprint density at radius 2 is 2.50 bits per heavy atom. The number of hydrogen-bond donors (Lipinski definition) is 1. The van der Waals surface area contributed by atoms with E-state index in [1.54, 1.807) is 6.20 Å². The molecule has 1 fully saturated rings. The van der Waals surface area contributed by atoms with Crippen molar-refractivity contribution in [2.75, 3.05) is 12.9 Å². The molecule has 1 saturated heterocycles. The van der Waals surface area contributed by atoms with Crippen molar-refractivity contribution in [3.8, 4) is 0 Å². The van der Waals surface area contributed by atoms with Crippen LogP contribution >= 0.6 is 11.8 Å². The topological polar surface area (TPSA) is 64.4 Å². The molecule has 1 aromatic heterocycles. The molecule has 0 spiro atoms. The van der Waals surface area contributed by atoms with E-state index in [4.69, 9.17) is 9.84 Å². The number of hydrogen-bond acceptors (Lipinski definition) is 5. The summed E-state index contributed by atoms with van der Waals surface area (Å²) in [5, 5.41) is 9.65. The lowest BCUT2D eigenvalue weighted by Gasteiger charge is -2.17. The summed E-state index contributed by atoms with van der Waals surface area (Å²) < 4.78 is 7.49. The highest BCUT2D eigenvalue weighted by Gasteiger charge is 2.26. The van der Waals surface area contributed by atoms with Gasteiger partial charge in [-0.15, -0.1) is 0 Å². The second kappa shape index (κ2) is 4.99. The molecular formula is C10H14N2O3S. The molecule has 0 aromatic carbocycles. The van der Waals surface area contributed by atoms with Gasteiger partial charge in [0.25, 0.3) is 5.56 Å². The lowest BCUT2D eigenvalue weighted by atomic mass is 10.2. The van der Waals surface area contributed by atoms with E-state index in [9.17, 15) is 4.79 Å². The first-order chi connectivity index (χ1) is 7.74. The Balaban J connectivity index is 2.24. The molecule has 6 heteroatoms. The molecule has 0 amide bonds. The first kappa shape index (κ1) is 11.6. The highest BCUT2D eigenvalue weighted by atomic mass is 32.2. The Morgan fingerprint density at radius 3 is 3.12 bits per heavy atom. The van der Waals surface area contributed by atoms with E-state index in [0.29, 0.717) is 5.16 Å². The van der Waals surface area contributed by atoms with Gasteiger partial charge < -0.3 is 14.4 Å². The summed E-state index contributed by atoms with van der Waals surface area (Å²) in [6.45, 7) is 0.0404. The Hall–Kier alpha value is -0.850. The molecule has 88 valence electrons. The first-order valence-electron chi connectivity index (χ1n) is 5.14. The number of aliphatic hydroxyl groups excluding tert-OH is 1. The van der Waals surface area contributed by atoms with Crippen molar-refractivity contribution in [2.24, 2.45) is 0 Å². The number of aliphatic hydroxyl groups is 1. The predicted molar refractivity (Wildman–Crippen MR) is 60.5 cm³/mol. The minimum Gasteiger partial charge on any atom is -0.394 e. The molecule has 1 aliphatic heterocycles. The van der Waals surface area contributed by atoms with Gasteiger partial charge in [-0.2, -0.15) is 4.98 Å². The molecule has 1 aliphatic rings. The highest BCUT2D eigenvalue weighted by molar-refractivity contribution is 7.98. The second-order valence-electron chi connectivity index (χ2n) is 3.63. The van der Waals surface area contributed by atoms with Crippen molar-refractivity contribution >= 4 is 11.8 Å². The molecule has 0 unspecified atom stereocenters. The van der Waals surface area contributed by atoms with Crippen molar-refractivity contribution in [1.82, 2.24) is 9.55 Å². The fraction of sp³-hybridized carbons (Fsp3) is 0.600. The van der Waals surface area contributed by atoms with Gasteiger partial charge in [0.15, 0.2) is 5.16 Å². The normalized spacial score (nSPS) is 24.9. The summed E-state index contributed by atoms with van der Waals surface area (Å²) in [5.41, 5.74) is -0.239. The zero-order valence-electron chi connectivity index (χ0n) is 9.00. The Kier molecular flexibility index (Phi) is 3.63. The fourth-order valence-corrected chi connectivity index (χ4v) is 2.36. The van der Waals surface area contributed by atoms with Crippen LogP contribution in [0.15, 0.2) is 22.2 Å². The number of thioether (sulfide) groups is 1. The van der Waals surface area contributed by atoms with E-state index in [-0.39, 0.29) is 24.5 Å². The maximum Gasteiger partial charge on any atom is 0.273 e. The standard InChI is InChI=1S/C10H14N2O3S/c1-16-10-11-8(14)4-5-12(10)9-3-2-7(6-13)15-9/h4-5,7,9,13H,2-3,6H2,1H3/t7-,9+/m0/s1. The third-order valence-electron chi connectivity index (χ3n) is 2.59. The summed E-state index contributed by atoms with van der Waals surface area (Å²) in [6, 6.07) is 1.43. The largest absolute Gasteiger partial charge is 0.394 e. The van der Waals surface area contributed by atoms with Crippen LogP contribution in [0.1, 0.15) is 19.1 Å². The van der Waals surface area contributed by atoms with Gasteiger partial charge in [-0.3, -0.25) is 4.79 Å². The average molecular weight is 242 g/mol. The lowest BCUT2D eigenvalue weighted by molar-refractivity contribution is -0.0272. The zero-order valence-corrected chi connectivity index (χ0v) is 9.81. The van der Waals surface area contributed by atoms with Crippen molar-refractivity contribution in [3.63, 3.8) is 0 Å². The van der Waals surface area contributed by atoms with Gasteiger partial charge in [0.2, 0.25) is 0 Å². The molecule has 1 aromatic rings. The molecule has 2 atom stereocenters. The van der Waals surface area contributed by atoms with Crippen LogP contribution < -0.4 is 5.56 Å². The van der Waals surface area contributed by atoms with Crippen molar-refractivity contribution in [2.45, 2.75) is 30.3 Å². The van der Waals surface area contributed by atoms with Gasteiger partial charge in [-0.05, 0) is 19.1 Å². The van der Waals surface area contributed by atoms with Crippen molar-refractivity contribution in [3.05, 3.63) is 22.6 Å². The molecule has 16 heavy (non-hydrogen) atoms. The van der Waals surface area contributed by atoms with E-state index < -0.39 is 0 Å². The van der Waals surface area contributed by atoms with Crippen LogP contribution in [0.5, 0.6) is 0 Å². The summed E-state index contributed by atoms with van der Waals surface area (Å²) in [6.07, 6.45) is 5.03. The van der Waals surface area contributed by atoms with Gasteiger partial charge in [0.1, 0.15) is 6.23 Å². The molecule has 2 heterocycles. The molecule has 5 nitrogen and oxygen atoms in total. The Bertz CT molecular complexity index is 421. The molecule has 0 radical (unpaired) electrons. The van der Waals surface area contributed by atoms with E-state index in [1.807, 2.05) is 10.8 Å². The summed E-state index contributed by atoms with van der Waals surface area (Å²) in [7, 11) is 0. The van der Waals surface area contributed by atoms with E-state index in [1.165, 1.54) is 17.8 Å². The van der Waals surface area contributed by atoms with Crippen LogP contribution in [0.2, 0.25) is 0 Å². The minimum atomic E-state index is -0.239. The average Bonchev–Trinajstić information content (AvgIpc) is 2.77. The highest BCUT2D eigenvalue weighted by Crippen LogP contribution is 2.29. The number of ether oxygens (including phenoxy) is 1. The van der Waals surface area contributed by atoms with Gasteiger partial charge in [0, 0.05) is 12.3 Å². The van der Waals surface area contributed by atoms with Gasteiger partial charge in [0.05, 0.1) is 12.7 Å². The summed E-state index contributed by atoms with van der Waals surface area (Å²) >= 11 is 1.41. The number of aromatic nitrogens is 2. The first-order valence-corrected chi connectivity index (χ1v) is 6.36. The number of nitrogens with zero attached hydrogens (tertiary/aromatic N) is 2. The van der Waals surface area contributed by atoms with Crippen LogP contribution in [0.3, 0.4) is 0 Å². The zero-order chi connectivity index (χ0) is 11.5. The number of rotatable bonds is 3. The van der Waals surface area contributed by atoms with Crippen molar-refractivity contribution in [1.29, 1.82) is 0 Å². The monoisotopic (exact) mass is 242 g/mol. The molecule has 1 N–H and O–H groups in total. The Morgan fingerprint density at radius 1 is 1.69 bits per heavy atom. The van der Waals surface area contributed by atoms with E-state index in [2.05, 4.69) is 4.98 Å². The van der Waals surface area contributed by atoms with Crippen LogP contribution in [-0.4, -0.2) is 33.6 Å². The van der Waals surface area contributed by atoms with Crippen LogP contribution in [0.25, 0.3) is 0 Å². The van der Waals surface area contributed by atoms with Gasteiger partial charge in [-0.25, -0.2) is 0 Å². The van der Waals surface area contributed by atoms with Gasteiger partial charge >= 0.3 is 0 Å². The quantitative estimate of drug-likeness (QED) is 0.622. The summed E-state index contributed by atoms with van der Waals surface area (Å²) in [5.74, 6) is 0. The maximum absolute atomic E-state index is 11.1. The van der Waals surface area contributed by atoms with Crippen LogP contribution in [0.4, 0.5) is 0 Å². The van der Waals surface area contributed by atoms with E-state index in [0.717, 1.165) is 12.8 Å². The van der Waals surface area contributed by atoms with Gasteiger partial charge in [-0.1, -0.05) is 11.8 Å². The maximum atomic E-state index is 11.1. The molecule has 0 bridgehead atoms. The molecule has 0 saturated carbocycles. The fourth-order valence-electron chi connectivity index (χ4n) is 1.79. The van der Waals surface area contributed by atoms with E-state index >= 15 is 0 Å². The minimum absolute atomic E-state index is 0.0404. The Labute approximate surface area is 97.5 Å². The third kappa shape index (κ3) is 2.28. The molecular weight excluding hydrogens is 228 g/mol. The predicted octanol–water partition coefficient (Wildman–Crippen LogP) is 0.635. The third-order valence-corrected chi connectivity index (χ3v) is 3.25. The molecule has 0 aliphatic carbocycles. The van der Waals surface area contributed by atoms with Crippen LogP contribution in [0, 0.1) is 0 Å².